The van der Waals surface area contributed by atoms with E-state index in [1.165, 1.54) is 22.4 Å². The summed E-state index contributed by atoms with van der Waals surface area (Å²) in [7, 11) is 1.97. The maximum atomic E-state index is 4.26. The van der Waals surface area contributed by atoms with E-state index in [0.29, 0.717) is 6.04 Å². The Bertz CT molecular complexity index is 550. The number of rotatable bonds is 8. The van der Waals surface area contributed by atoms with Crippen LogP contribution >= 0.6 is 11.8 Å². The van der Waals surface area contributed by atoms with Crippen LogP contribution in [0.15, 0.2) is 41.6 Å². The molecule has 0 aliphatic carbocycles. The fourth-order valence-corrected chi connectivity index (χ4v) is 3.40. The molecule has 1 N–H and O–H groups in total. The van der Waals surface area contributed by atoms with Gasteiger partial charge in [0.25, 0.3) is 0 Å². The predicted octanol–water partition coefficient (Wildman–Crippen LogP) is 3.43. The summed E-state index contributed by atoms with van der Waals surface area (Å²) in [6.07, 6.45) is 6.28. The normalized spacial score (nSPS) is 12.5. The summed E-state index contributed by atoms with van der Waals surface area (Å²) in [4.78, 5) is 1.38. The molecular formula is C17H25N3S. The molecule has 0 fully saturated rings. The average Bonchev–Trinajstić information content (AvgIpc) is 2.88. The Balaban J connectivity index is 1.94. The van der Waals surface area contributed by atoms with E-state index in [2.05, 4.69) is 54.7 Å². The van der Waals surface area contributed by atoms with Gasteiger partial charge >= 0.3 is 0 Å². The first-order valence-corrected chi connectivity index (χ1v) is 8.57. The molecule has 0 aliphatic rings. The van der Waals surface area contributed by atoms with Crippen molar-refractivity contribution in [2.24, 2.45) is 7.05 Å². The monoisotopic (exact) mass is 303 g/mol. The standard InChI is InChI=1S/C17H25N3S/c1-4-9-18-16(10-15-11-19-20(3)12-15)13-21-17-8-6-5-7-14(17)2/h5-8,11-12,16,18H,4,9-10,13H2,1-3H3. The predicted molar refractivity (Wildman–Crippen MR) is 90.9 cm³/mol. The van der Waals surface area contributed by atoms with Crippen LogP contribution in [0.1, 0.15) is 24.5 Å². The van der Waals surface area contributed by atoms with Gasteiger partial charge in [-0.1, -0.05) is 25.1 Å². The second kappa shape index (κ2) is 8.25. The molecule has 21 heavy (non-hydrogen) atoms. The van der Waals surface area contributed by atoms with Gasteiger partial charge in [-0.05, 0) is 43.5 Å². The van der Waals surface area contributed by atoms with E-state index >= 15 is 0 Å². The van der Waals surface area contributed by atoms with Crippen LogP contribution in [0, 0.1) is 6.92 Å². The van der Waals surface area contributed by atoms with Crippen LogP contribution < -0.4 is 5.32 Å². The van der Waals surface area contributed by atoms with E-state index in [0.717, 1.165) is 18.7 Å². The zero-order valence-corrected chi connectivity index (χ0v) is 14.0. The third kappa shape index (κ3) is 5.21. The van der Waals surface area contributed by atoms with Crippen molar-refractivity contribution in [1.29, 1.82) is 0 Å². The van der Waals surface area contributed by atoms with Crippen molar-refractivity contribution in [3.63, 3.8) is 0 Å². The molecule has 0 bridgehead atoms. The van der Waals surface area contributed by atoms with Crippen LogP contribution in [0.3, 0.4) is 0 Å². The number of hydrogen-bond acceptors (Lipinski definition) is 3. The highest BCUT2D eigenvalue weighted by Gasteiger charge is 2.11. The lowest BCUT2D eigenvalue weighted by Crippen LogP contribution is -2.34. The number of nitrogens with zero attached hydrogens (tertiary/aromatic N) is 2. The van der Waals surface area contributed by atoms with Crippen LogP contribution in [0.5, 0.6) is 0 Å². The van der Waals surface area contributed by atoms with E-state index in [1.54, 1.807) is 0 Å². The van der Waals surface area contributed by atoms with Crippen molar-refractivity contribution in [3.8, 4) is 0 Å². The zero-order valence-electron chi connectivity index (χ0n) is 13.2. The van der Waals surface area contributed by atoms with Gasteiger partial charge in [-0.3, -0.25) is 4.68 Å². The molecule has 2 aromatic rings. The van der Waals surface area contributed by atoms with Gasteiger partial charge in [-0.25, -0.2) is 0 Å². The summed E-state index contributed by atoms with van der Waals surface area (Å²) in [6.45, 7) is 5.46. The van der Waals surface area contributed by atoms with Gasteiger partial charge in [-0.15, -0.1) is 11.8 Å². The lowest BCUT2D eigenvalue weighted by Gasteiger charge is -2.18. The van der Waals surface area contributed by atoms with E-state index in [9.17, 15) is 0 Å². The Labute approximate surface area is 132 Å². The quantitative estimate of drug-likeness (QED) is 0.758. The molecule has 4 heteroatoms. The molecular weight excluding hydrogens is 278 g/mol. The number of thioether (sulfide) groups is 1. The highest BCUT2D eigenvalue weighted by molar-refractivity contribution is 7.99. The maximum Gasteiger partial charge on any atom is 0.0522 e. The molecule has 0 saturated carbocycles. The molecule has 1 aromatic heterocycles. The summed E-state index contributed by atoms with van der Waals surface area (Å²) in [5, 5.41) is 7.92. The minimum Gasteiger partial charge on any atom is -0.313 e. The fraction of sp³-hybridized carbons (Fsp3) is 0.471. The van der Waals surface area contributed by atoms with Crippen molar-refractivity contribution in [2.75, 3.05) is 12.3 Å². The summed E-state index contributed by atoms with van der Waals surface area (Å²) in [5.41, 5.74) is 2.66. The van der Waals surface area contributed by atoms with Crippen LogP contribution in [-0.4, -0.2) is 28.1 Å². The van der Waals surface area contributed by atoms with Gasteiger partial charge in [0.15, 0.2) is 0 Å². The van der Waals surface area contributed by atoms with E-state index in [1.807, 2.05) is 29.7 Å². The largest absolute Gasteiger partial charge is 0.313 e. The smallest absolute Gasteiger partial charge is 0.0522 e. The molecule has 1 aromatic carbocycles. The van der Waals surface area contributed by atoms with Crippen molar-refractivity contribution < 1.29 is 0 Å². The molecule has 0 amide bonds. The third-order valence-corrected chi connectivity index (χ3v) is 4.80. The van der Waals surface area contributed by atoms with Crippen LogP contribution in [0.25, 0.3) is 0 Å². The topological polar surface area (TPSA) is 29.9 Å². The summed E-state index contributed by atoms with van der Waals surface area (Å²) in [5.74, 6) is 1.08. The second-order valence-corrected chi connectivity index (χ2v) is 6.52. The highest BCUT2D eigenvalue weighted by atomic mass is 32.2. The molecule has 0 aliphatic heterocycles. The highest BCUT2D eigenvalue weighted by Crippen LogP contribution is 2.23. The van der Waals surface area contributed by atoms with Gasteiger partial charge in [0, 0.05) is 29.9 Å². The fourth-order valence-electron chi connectivity index (χ4n) is 2.31. The Morgan fingerprint density at radius 2 is 2.14 bits per heavy atom. The van der Waals surface area contributed by atoms with Crippen molar-refractivity contribution in [2.45, 2.75) is 37.6 Å². The first-order valence-electron chi connectivity index (χ1n) is 7.58. The number of nitrogens with one attached hydrogen (secondary N) is 1. The van der Waals surface area contributed by atoms with Gasteiger partial charge in [0.2, 0.25) is 0 Å². The Morgan fingerprint density at radius 1 is 1.33 bits per heavy atom. The second-order valence-electron chi connectivity index (χ2n) is 5.45. The van der Waals surface area contributed by atoms with Gasteiger partial charge < -0.3 is 5.32 Å². The Hall–Kier alpha value is -1.26. The van der Waals surface area contributed by atoms with Crippen LogP contribution in [0.4, 0.5) is 0 Å². The molecule has 114 valence electrons. The molecule has 0 saturated heterocycles. The van der Waals surface area contributed by atoms with E-state index in [4.69, 9.17) is 0 Å². The van der Waals surface area contributed by atoms with Gasteiger partial charge in [0.05, 0.1) is 6.20 Å². The molecule has 3 nitrogen and oxygen atoms in total. The van der Waals surface area contributed by atoms with E-state index < -0.39 is 0 Å². The van der Waals surface area contributed by atoms with E-state index in [-0.39, 0.29) is 0 Å². The lowest BCUT2D eigenvalue weighted by molar-refractivity contribution is 0.550. The Morgan fingerprint density at radius 3 is 2.81 bits per heavy atom. The third-order valence-electron chi connectivity index (χ3n) is 3.46. The zero-order chi connectivity index (χ0) is 15.1. The molecule has 1 heterocycles. The van der Waals surface area contributed by atoms with Crippen LogP contribution in [0.2, 0.25) is 0 Å². The minimum absolute atomic E-state index is 0.485. The summed E-state index contributed by atoms with van der Waals surface area (Å²) in [6, 6.07) is 9.09. The molecule has 0 radical (unpaired) electrons. The molecule has 1 atom stereocenters. The molecule has 0 spiro atoms. The van der Waals surface area contributed by atoms with Crippen molar-refractivity contribution >= 4 is 11.8 Å². The Kier molecular flexibility index (Phi) is 6.33. The maximum absolute atomic E-state index is 4.26. The number of aromatic nitrogens is 2. The number of benzene rings is 1. The van der Waals surface area contributed by atoms with Crippen molar-refractivity contribution in [1.82, 2.24) is 15.1 Å². The average molecular weight is 303 g/mol. The molecule has 1 unspecified atom stereocenters. The number of hydrogen-bond donors (Lipinski definition) is 1. The minimum atomic E-state index is 0.485. The van der Waals surface area contributed by atoms with Gasteiger partial charge in [0.1, 0.15) is 0 Å². The van der Waals surface area contributed by atoms with Gasteiger partial charge in [-0.2, -0.15) is 5.10 Å². The first-order chi connectivity index (χ1) is 10.2. The first kappa shape index (κ1) is 16.1. The molecule has 2 rings (SSSR count). The van der Waals surface area contributed by atoms with Crippen molar-refractivity contribution in [3.05, 3.63) is 47.8 Å². The lowest BCUT2D eigenvalue weighted by atomic mass is 10.1. The number of aryl methyl sites for hydroxylation is 2. The summed E-state index contributed by atoms with van der Waals surface area (Å²) < 4.78 is 1.88. The SMILES string of the molecule is CCCNC(CSc1ccccc1C)Cc1cnn(C)c1. The van der Waals surface area contributed by atoms with Crippen LogP contribution in [-0.2, 0) is 13.5 Å². The summed E-state index contributed by atoms with van der Waals surface area (Å²) >= 11 is 1.94.